The predicted octanol–water partition coefficient (Wildman–Crippen LogP) is 3.87. The van der Waals surface area contributed by atoms with Crippen LogP contribution >= 0.6 is 0 Å². The number of anilines is 1. The third-order valence-corrected chi connectivity index (χ3v) is 6.55. The average Bonchev–Trinajstić information content (AvgIpc) is 3.25. The zero-order valence-electron chi connectivity index (χ0n) is 20.9. The number of nitrogens with zero attached hydrogens (tertiary/aromatic N) is 5. The Kier molecular flexibility index (Phi) is 6.66. The quantitative estimate of drug-likeness (QED) is 0.369. The highest BCUT2D eigenvalue weighted by Crippen LogP contribution is 2.32. The van der Waals surface area contributed by atoms with Crippen LogP contribution in [0.3, 0.4) is 0 Å². The molecule has 1 saturated heterocycles. The van der Waals surface area contributed by atoms with Gasteiger partial charge < -0.3 is 25.3 Å². The van der Waals surface area contributed by atoms with E-state index in [2.05, 4.69) is 14.9 Å². The van der Waals surface area contributed by atoms with E-state index in [9.17, 15) is 9.90 Å². The first-order valence-electron chi connectivity index (χ1n) is 12.3. The second-order valence-corrected chi connectivity index (χ2v) is 9.89. The van der Waals surface area contributed by atoms with Crippen molar-refractivity contribution in [3.63, 3.8) is 0 Å². The minimum Gasteiger partial charge on any atom is -0.481 e. The van der Waals surface area contributed by atoms with Crippen molar-refractivity contribution in [2.75, 3.05) is 25.4 Å². The Balaban J connectivity index is 1.33. The summed E-state index contributed by atoms with van der Waals surface area (Å²) in [6.45, 7) is 5.48. The molecule has 0 atom stereocenters. The van der Waals surface area contributed by atoms with E-state index >= 15 is 0 Å². The average molecular weight is 503 g/mol. The standard InChI is InChI=1S/C27H30N6O4/c1-27(2,26(34)35)16-32-14-12-21(13-15-32)37-33-25-22(24(28)29-17-30-25)23(31-33)18-8-10-20(11-9-18)36-19-6-4-3-5-7-19/h3-11,17,21H,12-16H2,1-2H3,(H,34,35)(H2,28,29,30). The number of carboxylic acid groups (broad SMARTS) is 1. The Morgan fingerprint density at radius 1 is 1.05 bits per heavy atom. The Morgan fingerprint density at radius 3 is 2.41 bits per heavy atom. The van der Waals surface area contributed by atoms with Crippen molar-refractivity contribution < 1.29 is 19.5 Å². The molecule has 10 nitrogen and oxygen atoms in total. The number of aliphatic carboxylic acids is 1. The maximum absolute atomic E-state index is 11.5. The molecule has 2 aromatic heterocycles. The smallest absolute Gasteiger partial charge is 0.310 e. The van der Waals surface area contributed by atoms with Gasteiger partial charge in [-0.15, -0.1) is 5.10 Å². The number of benzene rings is 2. The lowest BCUT2D eigenvalue weighted by Crippen LogP contribution is -2.46. The Morgan fingerprint density at radius 2 is 1.73 bits per heavy atom. The molecule has 5 rings (SSSR count). The van der Waals surface area contributed by atoms with E-state index in [1.807, 2.05) is 54.6 Å². The van der Waals surface area contributed by atoms with E-state index in [-0.39, 0.29) is 6.10 Å². The topological polar surface area (TPSA) is 129 Å². The number of carbonyl (C=O) groups is 1. The largest absolute Gasteiger partial charge is 0.481 e. The molecule has 0 aliphatic carbocycles. The van der Waals surface area contributed by atoms with Gasteiger partial charge in [-0.05, 0) is 63.1 Å². The van der Waals surface area contributed by atoms with Crippen LogP contribution < -0.4 is 15.3 Å². The minimum atomic E-state index is -0.795. The number of nitrogens with two attached hydrogens (primary N) is 1. The van der Waals surface area contributed by atoms with Crippen LogP contribution in [0.4, 0.5) is 5.82 Å². The van der Waals surface area contributed by atoms with Crippen molar-refractivity contribution >= 4 is 22.8 Å². The predicted molar refractivity (Wildman–Crippen MR) is 139 cm³/mol. The van der Waals surface area contributed by atoms with Gasteiger partial charge in [0.2, 0.25) is 5.65 Å². The Bertz CT molecular complexity index is 1380. The van der Waals surface area contributed by atoms with Gasteiger partial charge in [-0.2, -0.15) is 0 Å². The fraction of sp³-hybridized carbons (Fsp3) is 0.333. The summed E-state index contributed by atoms with van der Waals surface area (Å²) in [7, 11) is 0. The number of fused-ring (bicyclic) bond motifs is 1. The number of para-hydroxylation sites is 1. The molecule has 3 N–H and O–H groups in total. The maximum atomic E-state index is 11.5. The van der Waals surface area contributed by atoms with Gasteiger partial charge in [-0.25, -0.2) is 9.97 Å². The molecule has 2 aromatic carbocycles. The molecular formula is C27H30N6O4. The van der Waals surface area contributed by atoms with Crippen molar-refractivity contribution in [1.82, 2.24) is 24.8 Å². The van der Waals surface area contributed by atoms with E-state index in [0.29, 0.717) is 34.8 Å². The van der Waals surface area contributed by atoms with Gasteiger partial charge in [0.15, 0.2) is 0 Å². The van der Waals surface area contributed by atoms with Gasteiger partial charge in [-0.3, -0.25) is 4.79 Å². The zero-order chi connectivity index (χ0) is 26.0. The molecule has 10 heteroatoms. The fourth-order valence-electron chi connectivity index (χ4n) is 4.47. The van der Waals surface area contributed by atoms with Crippen molar-refractivity contribution in [3.8, 4) is 22.8 Å². The first kappa shape index (κ1) is 24.5. The van der Waals surface area contributed by atoms with E-state index in [1.165, 1.54) is 11.2 Å². The van der Waals surface area contributed by atoms with Gasteiger partial charge in [0.05, 0.1) is 10.8 Å². The number of hydrogen-bond donors (Lipinski definition) is 2. The fourth-order valence-corrected chi connectivity index (χ4v) is 4.47. The number of carboxylic acids is 1. The zero-order valence-corrected chi connectivity index (χ0v) is 20.9. The van der Waals surface area contributed by atoms with Crippen LogP contribution in [0.1, 0.15) is 26.7 Å². The monoisotopic (exact) mass is 502 g/mol. The van der Waals surface area contributed by atoms with Crippen molar-refractivity contribution in [1.29, 1.82) is 0 Å². The van der Waals surface area contributed by atoms with E-state index < -0.39 is 11.4 Å². The molecule has 1 fully saturated rings. The summed E-state index contributed by atoms with van der Waals surface area (Å²) in [5, 5.41) is 14.8. The van der Waals surface area contributed by atoms with Crippen LogP contribution in [-0.2, 0) is 4.79 Å². The number of piperidine rings is 1. The van der Waals surface area contributed by atoms with Gasteiger partial charge in [0.1, 0.15) is 35.4 Å². The molecule has 0 spiro atoms. The van der Waals surface area contributed by atoms with Crippen LogP contribution in [0, 0.1) is 5.41 Å². The molecule has 0 saturated carbocycles. The van der Waals surface area contributed by atoms with Crippen LogP contribution in [0.25, 0.3) is 22.3 Å². The van der Waals surface area contributed by atoms with E-state index in [4.69, 9.17) is 20.4 Å². The van der Waals surface area contributed by atoms with Gasteiger partial charge in [0.25, 0.3) is 0 Å². The minimum absolute atomic E-state index is 0.0852. The summed E-state index contributed by atoms with van der Waals surface area (Å²) < 4.78 is 5.90. The summed E-state index contributed by atoms with van der Waals surface area (Å²) in [4.78, 5) is 29.9. The normalized spacial score (nSPS) is 15.1. The molecule has 192 valence electrons. The Labute approximate surface area is 214 Å². The molecule has 4 aromatic rings. The summed E-state index contributed by atoms with van der Waals surface area (Å²) in [6, 6.07) is 17.2. The van der Waals surface area contributed by atoms with Crippen molar-refractivity contribution in [2.24, 2.45) is 5.41 Å². The van der Waals surface area contributed by atoms with Crippen molar-refractivity contribution in [2.45, 2.75) is 32.8 Å². The highest BCUT2D eigenvalue weighted by atomic mass is 16.7. The number of rotatable bonds is 8. The summed E-state index contributed by atoms with van der Waals surface area (Å²) in [6.07, 6.45) is 2.81. The molecule has 0 amide bonds. The number of aromatic nitrogens is 4. The lowest BCUT2D eigenvalue weighted by Gasteiger charge is -2.35. The van der Waals surface area contributed by atoms with Crippen LogP contribution in [0.15, 0.2) is 60.9 Å². The SMILES string of the molecule is CC(C)(CN1CCC(On2nc(-c3ccc(Oc4ccccc4)cc3)c3c(N)ncnc32)CC1)C(=O)O. The second kappa shape index (κ2) is 10.1. The van der Waals surface area contributed by atoms with E-state index in [1.54, 1.807) is 13.8 Å². The molecular weight excluding hydrogens is 472 g/mol. The molecule has 1 aliphatic heterocycles. The summed E-state index contributed by atoms with van der Waals surface area (Å²) >= 11 is 0. The van der Waals surface area contributed by atoms with E-state index in [0.717, 1.165) is 37.2 Å². The summed E-state index contributed by atoms with van der Waals surface area (Å²) in [5.74, 6) is 0.995. The number of likely N-dealkylation sites (tertiary alicyclic amines) is 1. The van der Waals surface area contributed by atoms with Crippen LogP contribution in [0.2, 0.25) is 0 Å². The third kappa shape index (κ3) is 5.34. The number of nitrogen functional groups attached to an aromatic ring is 1. The lowest BCUT2D eigenvalue weighted by molar-refractivity contribution is -0.148. The molecule has 0 unspecified atom stereocenters. The third-order valence-electron chi connectivity index (χ3n) is 6.55. The first-order chi connectivity index (χ1) is 17.8. The van der Waals surface area contributed by atoms with Gasteiger partial charge in [-0.1, -0.05) is 23.0 Å². The number of ether oxygens (including phenoxy) is 1. The molecule has 1 aliphatic rings. The molecule has 3 heterocycles. The maximum Gasteiger partial charge on any atom is 0.310 e. The second-order valence-electron chi connectivity index (χ2n) is 9.89. The summed E-state index contributed by atoms with van der Waals surface area (Å²) in [5.41, 5.74) is 7.40. The highest BCUT2D eigenvalue weighted by Gasteiger charge is 2.32. The van der Waals surface area contributed by atoms with Crippen LogP contribution in [-0.4, -0.2) is 61.6 Å². The molecule has 0 radical (unpaired) electrons. The van der Waals surface area contributed by atoms with Crippen LogP contribution in [0.5, 0.6) is 11.5 Å². The Hall–Kier alpha value is -4.18. The molecule has 37 heavy (non-hydrogen) atoms. The molecule has 0 bridgehead atoms. The first-order valence-corrected chi connectivity index (χ1v) is 12.3. The van der Waals surface area contributed by atoms with Gasteiger partial charge >= 0.3 is 5.97 Å². The van der Waals surface area contributed by atoms with Crippen molar-refractivity contribution in [3.05, 3.63) is 60.9 Å². The highest BCUT2D eigenvalue weighted by molar-refractivity contribution is 5.98. The van der Waals surface area contributed by atoms with Gasteiger partial charge in [0, 0.05) is 25.2 Å². The lowest BCUT2D eigenvalue weighted by atomic mass is 9.92. The number of hydrogen-bond acceptors (Lipinski definition) is 8.